The summed E-state index contributed by atoms with van der Waals surface area (Å²) in [6, 6.07) is 10.5. The lowest BCUT2D eigenvalue weighted by Crippen LogP contribution is -2.43. The van der Waals surface area contributed by atoms with Crippen LogP contribution in [0, 0.1) is 5.41 Å². The summed E-state index contributed by atoms with van der Waals surface area (Å²) in [5.41, 5.74) is 2.74. The minimum atomic E-state index is 0. The van der Waals surface area contributed by atoms with Gasteiger partial charge in [-0.3, -0.25) is 4.99 Å². The van der Waals surface area contributed by atoms with Crippen LogP contribution in [0.1, 0.15) is 37.7 Å². The average Bonchev–Trinajstić information content (AvgIpc) is 3.42. The van der Waals surface area contributed by atoms with E-state index in [2.05, 4.69) is 45.0 Å². The van der Waals surface area contributed by atoms with E-state index in [1.165, 1.54) is 31.2 Å². The Balaban J connectivity index is 0.00000300. The van der Waals surface area contributed by atoms with Gasteiger partial charge in [0, 0.05) is 46.2 Å². The Morgan fingerprint density at radius 2 is 1.97 bits per heavy atom. The van der Waals surface area contributed by atoms with E-state index in [0.717, 1.165) is 44.2 Å². The molecule has 1 fully saturated rings. The second-order valence-corrected chi connectivity index (χ2v) is 7.67. The van der Waals surface area contributed by atoms with E-state index in [4.69, 9.17) is 4.74 Å². The van der Waals surface area contributed by atoms with Crippen molar-refractivity contribution in [2.24, 2.45) is 10.4 Å². The number of nitrogens with zero attached hydrogens (tertiary/aromatic N) is 3. The lowest BCUT2D eigenvalue weighted by atomic mass is 9.83. The fourth-order valence-corrected chi connectivity index (χ4v) is 4.01. The average molecular weight is 511 g/mol. The molecule has 0 amide bonds. The summed E-state index contributed by atoms with van der Waals surface area (Å²) in [5, 5.41) is 11.3. The molecule has 1 aromatic heterocycles. The number of aromatic nitrogens is 2. The number of nitrogens with one attached hydrogen (secondary N) is 2. The van der Waals surface area contributed by atoms with Gasteiger partial charge in [-0.05, 0) is 54.9 Å². The summed E-state index contributed by atoms with van der Waals surface area (Å²) in [5.74, 6) is 0.886. The first-order valence-corrected chi connectivity index (χ1v) is 10.3. The Morgan fingerprint density at radius 1 is 1.21 bits per heavy atom. The van der Waals surface area contributed by atoms with Gasteiger partial charge in [-0.15, -0.1) is 24.0 Å². The second-order valence-electron chi connectivity index (χ2n) is 7.67. The highest BCUT2D eigenvalue weighted by Gasteiger charge is 2.33. The van der Waals surface area contributed by atoms with Gasteiger partial charge in [-0.1, -0.05) is 25.0 Å². The van der Waals surface area contributed by atoms with Crippen LogP contribution in [0.15, 0.2) is 47.7 Å². The molecule has 29 heavy (non-hydrogen) atoms. The number of guanidine groups is 1. The van der Waals surface area contributed by atoms with Crippen LogP contribution in [0.4, 0.5) is 0 Å². The smallest absolute Gasteiger partial charge is 0.191 e. The van der Waals surface area contributed by atoms with Crippen LogP contribution in [0.3, 0.4) is 0 Å². The van der Waals surface area contributed by atoms with E-state index < -0.39 is 0 Å². The molecular formula is C22H34IN5O. The Bertz CT molecular complexity index is 724. The van der Waals surface area contributed by atoms with E-state index in [1.807, 2.05) is 24.0 Å². The van der Waals surface area contributed by atoms with Crippen molar-refractivity contribution in [3.63, 3.8) is 0 Å². The fourth-order valence-electron chi connectivity index (χ4n) is 4.01. The molecule has 2 aromatic rings. The zero-order valence-electron chi connectivity index (χ0n) is 17.6. The van der Waals surface area contributed by atoms with Gasteiger partial charge < -0.3 is 15.4 Å². The highest BCUT2D eigenvalue weighted by Crippen LogP contribution is 2.40. The van der Waals surface area contributed by atoms with Crippen molar-refractivity contribution in [3.05, 3.63) is 48.3 Å². The molecule has 3 rings (SSSR count). The van der Waals surface area contributed by atoms with Crippen molar-refractivity contribution < 1.29 is 4.74 Å². The molecule has 1 aromatic carbocycles. The highest BCUT2D eigenvalue weighted by atomic mass is 127. The molecule has 0 unspecified atom stereocenters. The number of halogens is 1. The van der Waals surface area contributed by atoms with Gasteiger partial charge in [0.05, 0.1) is 5.69 Å². The molecule has 160 valence electrons. The van der Waals surface area contributed by atoms with Gasteiger partial charge in [0.25, 0.3) is 0 Å². The Hall–Kier alpha value is -1.61. The molecular weight excluding hydrogens is 477 g/mol. The monoisotopic (exact) mass is 511 g/mol. The van der Waals surface area contributed by atoms with Gasteiger partial charge in [-0.2, -0.15) is 5.10 Å². The molecule has 0 atom stereocenters. The molecule has 0 radical (unpaired) electrons. The summed E-state index contributed by atoms with van der Waals surface area (Å²) >= 11 is 0. The molecule has 0 aliphatic heterocycles. The van der Waals surface area contributed by atoms with Crippen molar-refractivity contribution in [2.45, 2.75) is 38.5 Å². The summed E-state index contributed by atoms with van der Waals surface area (Å²) in [4.78, 5) is 4.39. The Labute approximate surface area is 191 Å². The largest absolute Gasteiger partial charge is 0.385 e. The van der Waals surface area contributed by atoms with Crippen LogP contribution in [0.25, 0.3) is 5.69 Å². The first-order valence-electron chi connectivity index (χ1n) is 10.3. The van der Waals surface area contributed by atoms with Gasteiger partial charge in [-0.25, -0.2) is 4.68 Å². The normalized spacial score (nSPS) is 15.7. The maximum atomic E-state index is 5.33. The van der Waals surface area contributed by atoms with Crippen LogP contribution in [-0.4, -0.2) is 49.6 Å². The standard InChI is InChI=1S/C22H33N5O.HI/c1-23-21(25-18-22(13-17-28-2)11-3-4-12-22)24-15-10-19-6-8-20(9-7-19)27-16-5-14-26-27;/h5-9,14,16H,3-4,10-13,15,17-18H2,1-2H3,(H2,23,24,25);1H. The molecule has 2 N–H and O–H groups in total. The molecule has 0 spiro atoms. The van der Waals surface area contributed by atoms with Crippen LogP contribution in [0.5, 0.6) is 0 Å². The molecule has 1 saturated carbocycles. The first-order chi connectivity index (χ1) is 13.7. The van der Waals surface area contributed by atoms with E-state index in [9.17, 15) is 0 Å². The van der Waals surface area contributed by atoms with Crippen molar-refractivity contribution in [1.29, 1.82) is 0 Å². The number of benzene rings is 1. The van der Waals surface area contributed by atoms with Gasteiger partial charge in [0.2, 0.25) is 0 Å². The van der Waals surface area contributed by atoms with Crippen LogP contribution in [0.2, 0.25) is 0 Å². The third-order valence-electron chi connectivity index (χ3n) is 5.77. The van der Waals surface area contributed by atoms with Crippen LogP contribution < -0.4 is 10.6 Å². The third kappa shape index (κ3) is 6.99. The Morgan fingerprint density at radius 3 is 2.59 bits per heavy atom. The van der Waals surface area contributed by atoms with Crippen molar-refractivity contribution in [1.82, 2.24) is 20.4 Å². The highest BCUT2D eigenvalue weighted by molar-refractivity contribution is 14.0. The number of aliphatic imine (C=N–C) groups is 1. The predicted octanol–water partition coefficient (Wildman–Crippen LogP) is 3.79. The number of hydrogen-bond donors (Lipinski definition) is 2. The zero-order chi connectivity index (χ0) is 19.7. The van der Waals surface area contributed by atoms with Gasteiger partial charge in [0.15, 0.2) is 5.96 Å². The minimum Gasteiger partial charge on any atom is -0.385 e. The molecule has 0 bridgehead atoms. The fraction of sp³-hybridized carbons (Fsp3) is 0.545. The zero-order valence-corrected chi connectivity index (χ0v) is 19.9. The van der Waals surface area contributed by atoms with Crippen molar-refractivity contribution >= 4 is 29.9 Å². The number of ether oxygens (including phenoxy) is 1. The van der Waals surface area contributed by atoms with E-state index in [0.29, 0.717) is 5.41 Å². The topological polar surface area (TPSA) is 63.5 Å². The molecule has 7 heteroatoms. The summed E-state index contributed by atoms with van der Waals surface area (Å²) < 4.78 is 7.20. The predicted molar refractivity (Wildman–Crippen MR) is 129 cm³/mol. The number of hydrogen-bond acceptors (Lipinski definition) is 3. The van der Waals surface area contributed by atoms with Crippen molar-refractivity contribution in [2.75, 3.05) is 33.9 Å². The lowest BCUT2D eigenvalue weighted by Gasteiger charge is -2.30. The van der Waals surface area contributed by atoms with E-state index in [-0.39, 0.29) is 24.0 Å². The molecule has 1 aliphatic carbocycles. The first kappa shape index (κ1) is 23.7. The van der Waals surface area contributed by atoms with Gasteiger partial charge in [0.1, 0.15) is 0 Å². The second kappa shape index (κ2) is 12.2. The molecule has 0 saturated heterocycles. The van der Waals surface area contributed by atoms with Crippen LogP contribution >= 0.6 is 24.0 Å². The minimum absolute atomic E-state index is 0. The van der Waals surface area contributed by atoms with Crippen molar-refractivity contribution in [3.8, 4) is 5.69 Å². The summed E-state index contributed by atoms with van der Waals surface area (Å²) in [7, 11) is 3.63. The maximum absolute atomic E-state index is 5.33. The molecule has 6 nitrogen and oxygen atoms in total. The molecule has 1 heterocycles. The summed E-state index contributed by atoms with van der Waals surface area (Å²) in [6.07, 6.45) is 11.0. The molecule has 1 aliphatic rings. The lowest BCUT2D eigenvalue weighted by molar-refractivity contribution is 0.138. The number of methoxy groups -OCH3 is 1. The van der Waals surface area contributed by atoms with Gasteiger partial charge >= 0.3 is 0 Å². The SMILES string of the molecule is CN=C(NCCc1ccc(-n2cccn2)cc1)NCC1(CCOC)CCCC1.I. The van der Waals surface area contributed by atoms with E-state index in [1.54, 1.807) is 13.3 Å². The number of rotatable bonds is 9. The van der Waals surface area contributed by atoms with E-state index >= 15 is 0 Å². The van der Waals surface area contributed by atoms with Crippen LogP contribution in [-0.2, 0) is 11.2 Å². The maximum Gasteiger partial charge on any atom is 0.191 e. The third-order valence-corrected chi connectivity index (χ3v) is 5.77. The summed E-state index contributed by atoms with van der Waals surface area (Å²) in [6.45, 7) is 2.66. The Kier molecular flexibility index (Phi) is 9.93. The quantitative estimate of drug-likeness (QED) is 0.306.